The second kappa shape index (κ2) is 13.7. The number of hydrogen-bond donors (Lipinski definition) is 0. The molecule has 2 aromatic rings. The number of pyridine rings is 1. The zero-order valence-electron chi connectivity index (χ0n) is 18.0. The van der Waals surface area contributed by atoms with Gasteiger partial charge in [-0.1, -0.05) is 82.2 Å². The molecule has 156 valence electrons. The largest absolute Gasteiger partial charge is 0.462 e. The third kappa shape index (κ3) is 9.56. The first-order valence-electron chi connectivity index (χ1n) is 11.0. The summed E-state index contributed by atoms with van der Waals surface area (Å²) in [5.41, 5.74) is 4.08. The molecule has 0 radical (unpaired) electrons. The van der Waals surface area contributed by atoms with Gasteiger partial charge in [-0.05, 0) is 48.6 Å². The average molecular weight is 394 g/mol. The van der Waals surface area contributed by atoms with Gasteiger partial charge < -0.3 is 4.74 Å². The van der Waals surface area contributed by atoms with Crippen molar-refractivity contribution in [3.05, 3.63) is 71.1 Å². The summed E-state index contributed by atoms with van der Waals surface area (Å²) < 4.78 is 5.41. The van der Waals surface area contributed by atoms with E-state index in [4.69, 9.17) is 4.74 Å². The van der Waals surface area contributed by atoms with Crippen molar-refractivity contribution in [2.24, 2.45) is 0 Å². The number of carbonyl (C=O) groups is 1. The third-order valence-corrected chi connectivity index (χ3v) is 5.05. The fourth-order valence-corrected chi connectivity index (χ4v) is 3.29. The second-order valence-corrected chi connectivity index (χ2v) is 7.72. The lowest BCUT2D eigenvalue weighted by atomic mass is 10.0. The van der Waals surface area contributed by atoms with Crippen molar-refractivity contribution in [2.75, 3.05) is 6.61 Å². The van der Waals surface area contributed by atoms with Crippen LogP contribution >= 0.6 is 0 Å². The number of aromatic nitrogens is 1. The summed E-state index contributed by atoms with van der Waals surface area (Å²) in [6, 6.07) is 12.3. The van der Waals surface area contributed by atoms with Crippen LogP contribution in [0.5, 0.6) is 0 Å². The predicted molar refractivity (Wildman–Crippen MR) is 121 cm³/mol. The van der Waals surface area contributed by atoms with Crippen molar-refractivity contribution in [3.63, 3.8) is 0 Å². The maximum Gasteiger partial charge on any atom is 0.333 e. The minimum absolute atomic E-state index is 0.215. The Morgan fingerprint density at radius 1 is 0.931 bits per heavy atom. The standard InChI is InChI=1S/C26H35NO2/c1-3-4-5-6-7-8-9-10-18-29-26(28)22(2)19-23-13-15-24(16-14-23)20-25-12-11-17-27-21-25/h11-17,19,21H,3-10,18,20H2,1-2H3. The smallest absolute Gasteiger partial charge is 0.333 e. The monoisotopic (exact) mass is 393 g/mol. The zero-order chi connectivity index (χ0) is 20.7. The van der Waals surface area contributed by atoms with Gasteiger partial charge in [0.1, 0.15) is 0 Å². The molecule has 0 bridgehead atoms. The first-order chi connectivity index (χ1) is 14.2. The van der Waals surface area contributed by atoms with Gasteiger partial charge in [-0.3, -0.25) is 4.98 Å². The van der Waals surface area contributed by atoms with Crippen LogP contribution in [0, 0.1) is 0 Å². The van der Waals surface area contributed by atoms with E-state index in [-0.39, 0.29) is 5.97 Å². The molecule has 1 aromatic carbocycles. The van der Waals surface area contributed by atoms with Crippen LogP contribution in [-0.4, -0.2) is 17.6 Å². The molecule has 0 aliphatic rings. The van der Waals surface area contributed by atoms with Crippen LogP contribution in [0.15, 0.2) is 54.4 Å². The quantitative estimate of drug-likeness (QED) is 0.214. The van der Waals surface area contributed by atoms with Gasteiger partial charge in [0.15, 0.2) is 0 Å². The molecule has 1 aromatic heterocycles. The Morgan fingerprint density at radius 3 is 2.28 bits per heavy atom. The first kappa shape index (κ1) is 22.9. The lowest BCUT2D eigenvalue weighted by Crippen LogP contribution is -2.07. The topological polar surface area (TPSA) is 39.2 Å². The van der Waals surface area contributed by atoms with Gasteiger partial charge in [0.2, 0.25) is 0 Å². The second-order valence-electron chi connectivity index (χ2n) is 7.72. The Kier molecular flexibility index (Phi) is 10.8. The van der Waals surface area contributed by atoms with E-state index in [1.54, 1.807) is 6.20 Å². The van der Waals surface area contributed by atoms with Gasteiger partial charge in [0, 0.05) is 18.0 Å². The molecule has 3 heteroatoms. The minimum Gasteiger partial charge on any atom is -0.462 e. The highest BCUT2D eigenvalue weighted by molar-refractivity contribution is 5.92. The summed E-state index contributed by atoms with van der Waals surface area (Å²) in [4.78, 5) is 16.3. The lowest BCUT2D eigenvalue weighted by Gasteiger charge is -2.06. The first-order valence-corrected chi connectivity index (χ1v) is 11.0. The number of unbranched alkanes of at least 4 members (excludes halogenated alkanes) is 7. The Hall–Kier alpha value is -2.42. The number of nitrogens with zero attached hydrogens (tertiary/aromatic N) is 1. The van der Waals surface area contributed by atoms with Crippen molar-refractivity contribution in [2.45, 2.75) is 71.6 Å². The van der Waals surface area contributed by atoms with Gasteiger partial charge in [0.25, 0.3) is 0 Å². The summed E-state index contributed by atoms with van der Waals surface area (Å²) in [7, 11) is 0. The van der Waals surface area contributed by atoms with Crippen LogP contribution in [0.2, 0.25) is 0 Å². The van der Waals surface area contributed by atoms with Crippen LogP contribution in [0.1, 0.15) is 81.9 Å². The number of esters is 1. The van der Waals surface area contributed by atoms with Crippen molar-refractivity contribution in [1.29, 1.82) is 0 Å². The van der Waals surface area contributed by atoms with E-state index in [1.807, 2.05) is 37.4 Å². The highest BCUT2D eigenvalue weighted by atomic mass is 16.5. The molecule has 0 amide bonds. The van der Waals surface area contributed by atoms with E-state index in [0.717, 1.165) is 24.8 Å². The molecular weight excluding hydrogens is 358 g/mol. The SMILES string of the molecule is CCCCCCCCCCOC(=O)C(C)=Cc1ccc(Cc2cccnc2)cc1. The fourth-order valence-electron chi connectivity index (χ4n) is 3.29. The van der Waals surface area contributed by atoms with Crippen molar-refractivity contribution in [1.82, 2.24) is 4.98 Å². The zero-order valence-corrected chi connectivity index (χ0v) is 18.0. The van der Waals surface area contributed by atoms with E-state index in [0.29, 0.717) is 12.2 Å². The molecule has 0 saturated carbocycles. The number of carbonyl (C=O) groups excluding carboxylic acids is 1. The van der Waals surface area contributed by atoms with Gasteiger partial charge in [0.05, 0.1) is 6.61 Å². The van der Waals surface area contributed by atoms with Gasteiger partial charge in [-0.2, -0.15) is 0 Å². The number of rotatable bonds is 13. The molecule has 0 aliphatic heterocycles. The molecule has 29 heavy (non-hydrogen) atoms. The summed E-state index contributed by atoms with van der Waals surface area (Å²) in [5, 5.41) is 0. The highest BCUT2D eigenvalue weighted by Gasteiger charge is 2.06. The molecule has 2 rings (SSSR count). The summed E-state index contributed by atoms with van der Waals surface area (Å²) in [6.07, 6.45) is 16.4. The highest BCUT2D eigenvalue weighted by Crippen LogP contribution is 2.14. The molecule has 0 N–H and O–H groups in total. The van der Waals surface area contributed by atoms with Crippen LogP contribution in [0.3, 0.4) is 0 Å². The van der Waals surface area contributed by atoms with E-state index >= 15 is 0 Å². The summed E-state index contributed by atoms with van der Waals surface area (Å²) in [5.74, 6) is -0.215. The third-order valence-electron chi connectivity index (χ3n) is 5.05. The van der Waals surface area contributed by atoms with Crippen LogP contribution in [0.25, 0.3) is 6.08 Å². The molecule has 0 atom stereocenters. The average Bonchev–Trinajstić information content (AvgIpc) is 2.74. The van der Waals surface area contributed by atoms with Gasteiger partial charge >= 0.3 is 5.97 Å². The van der Waals surface area contributed by atoms with E-state index in [9.17, 15) is 4.79 Å². The normalized spacial score (nSPS) is 11.4. The molecule has 0 saturated heterocycles. The van der Waals surface area contributed by atoms with Crippen molar-refractivity contribution in [3.8, 4) is 0 Å². The predicted octanol–water partition coefficient (Wildman–Crippen LogP) is 6.76. The van der Waals surface area contributed by atoms with Gasteiger partial charge in [-0.25, -0.2) is 4.79 Å². The fraction of sp³-hybridized carbons (Fsp3) is 0.462. The Balaban J connectivity index is 1.68. The molecule has 0 fully saturated rings. The maximum atomic E-state index is 12.2. The Bertz CT molecular complexity index is 735. The van der Waals surface area contributed by atoms with Crippen LogP contribution in [0.4, 0.5) is 0 Å². The lowest BCUT2D eigenvalue weighted by molar-refractivity contribution is -0.139. The van der Waals surface area contributed by atoms with Crippen molar-refractivity contribution < 1.29 is 9.53 Å². The molecule has 0 spiro atoms. The number of benzene rings is 1. The summed E-state index contributed by atoms with van der Waals surface area (Å²) in [6.45, 7) is 4.58. The summed E-state index contributed by atoms with van der Waals surface area (Å²) >= 11 is 0. The Labute approximate surface area is 176 Å². The van der Waals surface area contributed by atoms with E-state index < -0.39 is 0 Å². The van der Waals surface area contributed by atoms with E-state index in [2.05, 4.69) is 30.1 Å². The van der Waals surface area contributed by atoms with Crippen LogP contribution < -0.4 is 0 Å². The molecule has 0 aliphatic carbocycles. The van der Waals surface area contributed by atoms with Crippen molar-refractivity contribution >= 4 is 12.0 Å². The number of ether oxygens (including phenoxy) is 1. The van der Waals surface area contributed by atoms with Crippen LogP contribution in [-0.2, 0) is 16.0 Å². The molecule has 0 unspecified atom stereocenters. The number of hydrogen-bond acceptors (Lipinski definition) is 3. The minimum atomic E-state index is -0.215. The van der Waals surface area contributed by atoms with E-state index in [1.165, 1.54) is 49.7 Å². The molecular formula is C26H35NO2. The maximum absolute atomic E-state index is 12.2. The Morgan fingerprint density at radius 2 is 1.62 bits per heavy atom. The van der Waals surface area contributed by atoms with Gasteiger partial charge in [-0.15, -0.1) is 0 Å². The molecule has 3 nitrogen and oxygen atoms in total. The molecule has 1 heterocycles.